The zero-order valence-electron chi connectivity index (χ0n) is 20.2. The lowest BCUT2D eigenvalue weighted by Gasteiger charge is -2.27. The van der Waals surface area contributed by atoms with Gasteiger partial charge in [0.2, 0.25) is 11.8 Å². The zero-order chi connectivity index (χ0) is 26.3. The van der Waals surface area contributed by atoms with E-state index < -0.39 is 35.7 Å². The van der Waals surface area contributed by atoms with Crippen LogP contribution in [0.15, 0.2) is 54.7 Å². The third-order valence-corrected chi connectivity index (χ3v) is 6.00. The summed E-state index contributed by atoms with van der Waals surface area (Å²) < 4.78 is 5.32. The maximum Gasteiger partial charge on any atom is 0.414 e. The summed E-state index contributed by atoms with van der Waals surface area (Å²) in [5.74, 6) is -1.28. The van der Waals surface area contributed by atoms with Crippen molar-refractivity contribution in [2.24, 2.45) is 11.7 Å². The molecule has 0 spiro atoms. The van der Waals surface area contributed by atoms with Crippen LogP contribution in [-0.4, -0.2) is 49.9 Å². The van der Waals surface area contributed by atoms with Crippen LogP contribution in [0.25, 0.3) is 11.0 Å². The number of hydrogen-bond acceptors (Lipinski definition) is 7. The van der Waals surface area contributed by atoms with Gasteiger partial charge in [0.15, 0.2) is 0 Å². The maximum absolute atomic E-state index is 12.7. The quantitative estimate of drug-likeness (QED) is 0.306. The smallest absolute Gasteiger partial charge is 0.391 e. The van der Waals surface area contributed by atoms with Crippen LogP contribution in [-0.2, 0) is 11.2 Å². The summed E-state index contributed by atoms with van der Waals surface area (Å²) in [5, 5.41) is 24.3. The van der Waals surface area contributed by atoms with Crippen molar-refractivity contribution in [3.8, 4) is 5.88 Å². The lowest BCUT2D eigenvalue weighted by Crippen LogP contribution is -2.47. The SMILES string of the molecule is CC(C)(O)CC[C@H](C[C@H](O)[C@H](Cc1cccc(Cl)c1)NC(=O)Oc1cnc2ccccc2n1)C(N)=O. The number of carbonyl (C=O) groups is 2. The summed E-state index contributed by atoms with van der Waals surface area (Å²) in [6, 6.07) is 13.4. The van der Waals surface area contributed by atoms with Crippen molar-refractivity contribution >= 4 is 34.6 Å². The van der Waals surface area contributed by atoms with E-state index in [1.165, 1.54) is 6.20 Å². The summed E-state index contributed by atoms with van der Waals surface area (Å²) in [4.78, 5) is 33.3. The van der Waals surface area contributed by atoms with Crippen LogP contribution in [0.3, 0.4) is 0 Å². The number of nitrogens with zero attached hydrogens (tertiary/aromatic N) is 2. The fourth-order valence-corrected chi connectivity index (χ4v) is 4.04. The Morgan fingerprint density at radius 3 is 2.56 bits per heavy atom. The Bertz CT molecular complexity index is 1200. The predicted molar refractivity (Wildman–Crippen MR) is 136 cm³/mol. The fraction of sp³-hybridized carbons (Fsp3) is 0.385. The van der Waals surface area contributed by atoms with E-state index in [0.29, 0.717) is 22.5 Å². The van der Waals surface area contributed by atoms with Crippen LogP contribution in [0.2, 0.25) is 5.02 Å². The van der Waals surface area contributed by atoms with Gasteiger partial charge in [0, 0.05) is 10.9 Å². The summed E-state index contributed by atoms with van der Waals surface area (Å²) in [7, 11) is 0. The first kappa shape index (κ1) is 27.3. The average molecular weight is 515 g/mol. The number of benzene rings is 2. The highest BCUT2D eigenvalue weighted by Gasteiger charge is 2.29. The Morgan fingerprint density at radius 1 is 1.17 bits per heavy atom. The van der Waals surface area contributed by atoms with E-state index in [9.17, 15) is 19.8 Å². The molecule has 0 saturated heterocycles. The average Bonchev–Trinajstić information content (AvgIpc) is 2.80. The van der Waals surface area contributed by atoms with Gasteiger partial charge in [-0.2, -0.15) is 0 Å². The minimum atomic E-state index is -1.14. The van der Waals surface area contributed by atoms with Crippen molar-refractivity contribution in [3.63, 3.8) is 0 Å². The number of ether oxygens (including phenoxy) is 1. The number of aliphatic hydroxyl groups excluding tert-OH is 1. The Kier molecular flexibility index (Phi) is 9.19. The van der Waals surface area contributed by atoms with Gasteiger partial charge in [-0.05, 0) is 69.4 Å². The first-order chi connectivity index (χ1) is 17.0. The third-order valence-electron chi connectivity index (χ3n) is 5.77. The fourth-order valence-electron chi connectivity index (χ4n) is 3.83. The molecule has 10 heteroatoms. The largest absolute Gasteiger partial charge is 0.414 e. The Labute approximate surface area is 214 Å². The van der Waals surface area contributed by atoms with E-state index in [1.807, 2.05) is 12.1 Å². The number of carbonyl (C=O) groups excluding carboxylic acids is 2. The van der Waals surface area contributed by atoms with Crippen LogP contribution < -0.4 is 15.8 Å². The van der Waals surface area contributed by atoms with Gasteiger partial charge in [-0.3, -0.25) is 4.79 Å². The number of fused-ring (bicyclic) bond motifs is 1. The number of aromatic nitrogens is 2. The molecule has 0 aliphatic heterocycles. The monoisotopic (exact) mass is 514 g/mol. The van der Waals surface area contributed by atoms with Gasteiger partial charge >= 0.3 is 6.09 Å². The highest BCUT2D eigenvalue weighted by atomic mass is 35.5. The molecule has 5 N–H and O–H groups in total. The molecule has 1 heterocycles. The molecule has 0 bridgehead atoms. The van der Waals surface area contributed by atoms with Crippen molar-refractivity contribution in [1.29, 1.82) is 0 Å². The summed E-state index contributed by atoms with van der Waals surface area (Å²) >= 11 is 6.10. The van der Waals surface area contributed by atoms with Gasteiger partial charge in [-0.25, -0.2) is 14.8 Å². The molecule has 0 aliphatic rings. The predicted octanol–water partition coefficient (Wildman–Crippen LogP) is 3.39. The molecule has 0 saturated carbocycles. The molecule has 3 rings (SSSR count). The third kappa shape index (κ3) is 8.44. The molecule has 3 atom stereocenters. The number of amides is 2. The second-order valence-corrected chi connectivity index (χ2v) is 9.86. The van der Waals surface area contributed by atoms with Crippen molar-refractivity contribution in [3.05, 3.63) is 65.3 Å². The number of primary amides is 1. The number of para-hydroxylation sites is 2. The summed E-state index contributed by atoms with van der Waals surface area (Å²) in [6.45, 7) is 3.27. The second kappa shape index (κ2) is 12.1. The minimum Gasteiger partial charge on any atom is -0.391 e. The van der Waals surface area contributed by atoms with Gasteiger partial charge in [-0.1, -0.05) is 35.9 Å². The lowest BCUT2D eigenvalue weighted by molar-refractivity contribution is -0.123. The van der Waals surface area contributed by atoms with Crippen LogP contribution in [0.1, 0.15) is 38.7 Å². The molecule has 0 fully saturated rings. The standard InChI is InChI=1S/C26H31ClN4O5/c1-26(2,35)11-10-17(24(28)33)14-22(32)21(13-16-6-5-7-18(27)12-16)31-25(34)36-23-15-29-19-8-3-4-9-20(19)30-23/h3-9,12,15,17,21-22,32,35H,10-11,13-14H2,1-2H3,(H2,28,33)(H,31,34)/t17-,21+,22+/m1/s1. The number of nitrogens with one attached hydrogen (secondary N) is 1. The second-order valence-electron chi connectivity index (χ2n) is 9.42. The van der Waals surface area contributed by atoms with Gasteiger partial charge in [0.05, 0.1) is 35.0 Å². The van der Waals surface area contributed by atoms with Gasteiger partial charge in [-0.15, -0.1) is 0 Å². The molecule has 2 aromatic carbocycles. The van der Waals surface area contributed by atoms with Crippen LogP contribution in [0, 0.1) is 5.92 Å². The summed E-state index contributed by atoms with van der Waals surface area (Å²) in [6.07, 6.45) is 0.184. The molecule has 0 unspecified atom stereocenters. The van der Waals surface area contributed by atoms with Crippen LogP contribution >= 0.6 is 11.6 Å². The highest BCUT2D eigenvalue weighted by molar-refractivity contribution is 6.30. The van der Waals surface area contributed by atoms with Crippen molar-refractivity contribution in [2.45, 2.75) is 57.3 Å². The van der Waals surface area contributed by atoms with E-state index in [4.69, 9.17) is 22.1 Å². The first-order valence-electron chi connectivity index (χ1n) is 11.6. The van der Waals surface area contributed by atoms with Crippen molar-refractivity contribution in [2.75, 3.05) is 0 Å². The van der Waals surface area contributed by atoms with E-state index in [0.717, 1.165) is 5.56 Å². The van der Waals surface area contributed by atoms with E-state index in [-0.39, 0.29) is 25.1 Å². The number of aliphatic hydroxyl groups is 2. The number of hydrogen-bond donors (Lipinski definition) is 4. The molecule has 3 aromatic rings. The zero-order valence-corrected chi connectivity index (χ0v) is 21.0. The highest BCUT2D eigenvalue weighted by Crippen LogP contribution is 2.22. The Morgan fingerprint density at radius 2 is 1.89 bits per heavy atom. The number of halogens is 1. The van der Waals surface area contributed by atoms with Crippen LogP contribution in [0.4, 0.5) is 4.79 Å². The van der Waals surface area contributed by atoms with E-state index >= 15 is 0 Å². The first-order valence-corrected chi connectivity index (χ1v) is 12.0. The molecule has 192 valence electrons. The molecule has 2 amide bonds. The van der Waals surface area contributed by atoms with Crippen molar-refractivity contribution < 1.29 is 24.5 Å². The molecule has 36 heavy (non-hydrogen) atoms. The van der Waals surface area contributed by atoms with Gasteiger partial charge in [0.25, 0.3) is 0 Å². The van der Waals surface area contributed by atoms with Crippen molar-refractivity contribution in [1.82, 2.24) is 15.3 Å². The molecule has 9 nitrogen and oxygen atoms in total. The molecule has 1 aromatic heterocycles. The molecule has 0 radical (unpaired) electrons. The topological polar surface area (TPSA) is 148 Å². The Balaban J connectivity index is 1.74. The molecule has 0 aliphatic carbocycles. The van der Waals surface area contributed by atoms with Gasteiger partial charge in [0.1, 0.15) is 0 Å². The summed E-state index contributed by atoms with van der Waals surface area (Å²) in [5.41, 5.74) is 6.56. The van der Waals surface area contributed by atoms with E-state index in [1.54, 1.807) is 50.2 Å². The van der Waals surface area contributed by atoms with Crippen LogP contribution in [0.5, 0.6) is 5.88 Å². The lowest BCUT2D eigenvalue weighted by atomic mass is 9.87. The maximum atomic E-state index is 12.7. The number of rotatable bonds is 11. The normalized spacial score (nSPS) is 14.1. The minimum absolute atomic E-state index is 0.00221. The van der Waals surface area contributed by atoms with E-state index in [2.05, 4.69) is 15.3 Å². The van der Waals surface area contributed by atoms with Gasteiger partial charge < -0.3 is 26.0 Å². The Hall–Kier alpha value is -3.27. The number of nitrogens with two attached hydrogens (primary N) is 1. The molecular weight excluding hydrogens is 484 g/mol. The molecular formula is C26H31ClN4O5.